The van der Waals surface area contributed by atoms with Crippen molar-refractivity contribution in [1.82, 2.24) is 5.32 Å². The first kappa shape index (κ1) is 11.8. The van der Waals surface area contributed by atoms with Crippen LogP contribution in [0.1, 0.15) is 13.8 Å². The summed E-state index contributed by atoms with van der Waals surface area (Å²) in [7, 11) is 0. The van der Waals surface area contributed by atoms with E-state index in [1.807, 2.05) is 32.0 Å². The second-order valence-electron chi connectivity index (χ2n) is 4.50. The first-order chi connectivity index (χ1) is 8.16. The Balaban J connectivity index is 1.95. The minimum Gasteiger partial charge on any atom is -0.485 e. The molecule has 92 valence electrons. The smallest absolute Gasteiger partial charge is 0.264 e. The fourth-order valence-electron chi connectivity index (χ4n) is 1.57. The van der Waals surface area contributed by atoms with Crippen LogP contribution in [0.5, 0.6) is 11.5 Å². The van der Waals surface area contributed by atoms with Crippen LogP contribution in [-0.2, 0) is 4.79 Å². The maximum absolute atomic E-state index is 11.8. The van der Waals surface area contributed by atoms with Gasteiger partial charge in [-0.1, -0.05) is 26.0 Å². The molecule has 1 N–H and O–H groups in total. The average molecular weight is 235 g/mol. The van der Waals surface area contributed by atoms with E-state index in [0.29, 0.717) is 24.0 Å². The minimum absolute atomic E-state index is 0.117. The molecule has 1 aromatic rings. The lowest BCUT2D eigenvalue weighted by atomic mass is 10.2. The third kappa shape index (κ3) is 2.90. The second-order valence-corrected chi connectivity index (χ2v) is 4.50. The average Bonchev–Trinajstić information content (AvgIpc) is 2.35. The number of carbonyl (C=O) groups excluding carboxylic acids is 1. The molecule has 0 bridgehead atoms. The molecule has 1 aliphatic heterocycles. The Morgan fingerprint density at radius 3 is 2.82 bits per heavy atom. The molecule has 2 rings (SSSR count). The summed E-state index contributed by atoms with van der Waals surface area (Å²) in [6.07, 6.45) is -0.552. The number of rotatable bonds is 3. The molecule has 1 aromatic carbocycles. The molecule has 0 aromatic heterocycles. The van der Waals surface area contributed by atoms with Crippen molar-refractivity contribution in [3.05, 3.63) is 24.3 Å². The van der Waals surface area contributed by atoms with Gasteiger partial charge < -0.3 is 14.8 Å². The van der Waals surface area contributed by atoms with Crippen molar-refractivity contribution < 1.29 is 14.3 Å². The molecule has 0 fully saturated rings. The van der Waals surface area contributed by atoms with E-state index in [1.165, 1.54) is 0 Å². The number of amides is 1. The summed E-state index contributed by atoms with van der Waals surface area (Å²) in [4.78, 5) is 11.8. The van der Waals surface area contributed by atoms with Crippen molar-refractivity contribution in [1.29, 1.82) is 0 Å². The van der Waals surface area contributed by atoms with Gasteiger partial charge in [0.25, 0.3) is 5.91 Å². The van der Waals surface area contributed by atoms with Crippen LogP contribution >= 0.6 is 0 Å². The summed E-state index contributed by atoms with van der Waals surface area (Å²) in [5.41, 5.74) is 0. The van der Waals surface area contributed by atoms with E-state index in [1.54, 1.807) is 6.07 Å². The highest BCUT2D eigenvalue weighted by molar-refractivity contribution is 5.81. The predicted molar refractivity (Wildman–Crippen MR) is 64.2 cm³/mol. The van der Waals surface area contributed by atoms with Gasteiger partial charge in [0.15, 0.2) is 11.5 Å². The zero-order valence-electron chi connectivity index (χ0n) is 10.1. The molecule has 0 unspecified atom stereocenters. The third-order valence-corrected chi connectivity index (χ3v) is 2.49. The van der Waals surface area contributed by atoms with Gasteiger partial charge in [0.2, 0.25) is 6.10 Å². The first-order valence-corrected chi connectivity index (χ1v) is 5.83. The van der Waals surface area contributed by atoms with Crippen molar-refractivity contribution in [2.45, 2.75) is 20.0 Å². The first-order valence-electron chi connectivity index (χ1n) is 5.83. The van der Waals surface area contributed by atoms with Gasteiger partial charge in [0.05, 0.1) is 0 Å². The predicted octanol–water partition coefficient (Wildman–Crippen LogP) is 1.60. The standard InChI is InChI=1S/C13H17NO3/c1-9(2)7-14-13(15)12-8-16-10-5-3-4-6-11(10)17-12/h3-6,9,12H,7-8H2,1-2H3,(H,14,15)/t12-/m1/s1. The van der Waals surface area contributed by atoms with Crippen molar-refractivity contribution in [3.8, 4) is 11.5 Å². The number of hydrogen-bond acceptors (Lipinski definition) is 3. The maximum Gasteiger partial charge on any atom is 0.264 e. The Labute approximate surface area is 101 Å². The molecule has 1 aliphatic rings. The molecular formula is C13H17NO3. The molecule has 1 amide bonds. The van der Waals surface area contributed by atoms with Gasteiger partial charge in [-0.25, -0.2) is 0 Å². The molecule has 0 radical (unpaired) electrons. The summed E-state index contributed by atoms with van der Waals surface area (Å²) in [5, 5.41) is 2.84. The number of para-hydroxylation sites is 2. The summed E-state index contributed by atoms with van der Waals surface area (Å²) in [5.74, 6) is 1.63. The van der Waals surface area contributed by atoms with Crippen molar-refractivity contribution in [2.24, 2.45) is 5.92 Å². The molecule has 0 saturated heterocycles. The van der Waals surface area contributed by atoms with E-state index in [-0.39, 0.29) is 12.5 Å². The van der Waals surface area contributed by atoms with E-state index in [2.05, 4.69) is 5.32 Å². The van der Waals surface area contributed by atoms with Crippen LogP contribution in [0.15, 0.2) is 24.3 Å². The monoisotopic (exact) mass is 235 g/mol. The fraction of sp³-hybridized carbons (Fsp3) is 0.462. The van der Waals surface area contributed by atoms with Crippen LogP contribution < -0.4 is 14.8 Å². The van der Waals surface area contributed by atoms with Gasteiger partial charge in [-0.15, -0.1) is 0 Å². The van der Waals surface area contributed by atoms with Gasteiger partial charge >= 0.3 is 0 Å². The SMILES string of the molecule is CC(C)CNC(=O)[C@H]1COc2ccccc2O1. The van der Waals surface area contributed by atoms with Crippen molar-refractivity contribution in [2.75, 3.05) is 13.2 Å². The Morgan fingerprint density at radius 1 is 1.41 bits per heavy atom. The van der Waals surface area contributed by atoms with E-state index in [4.69, 9.17) is 9.47 Å². The molecule has 17 heavy (non-hydrogen) atoms. The normalized spacial score (nSPS) is 17.9. The lowest BCUT2D eigenvalue weighted by molar-refractivity contribution is -0.130. The number of benzene rings is 1. The van der Waals surface area contributed by atoms with Crippen LogP contribution in [0.4, 0.5) is 0 Å². The summed E-state index contributed by atoms with van der Waals surface area (Å²) in [6.45, 7) is 5.02. The number of nitrogens with one attached hydrogen (secondary N) is 1. The zero-order chi connectivity index (χ0) is 12.3. The summed E-state index contributed by atoms with van der Waals surface area (Å²) < 4.78 is 11.1. The van der Waals surface area contributed by atoms with Gasteiger partial charge in [-0.3, -0.25) is 4.79 Å². The highest BCUT2D eigenvalue weighted by Crippen LogP contribution is 2.30. The number of carbonyl (C=O) groups is 1. The van der Waals surface area contributed by atoms with Crippen LogP contribution in [0.2, 0.25) is 0 Å². The topological polar surface area (TPSA) is 47.6 Å². The van der Waals surface area contributed by atoms with E-state index >= 15 is 0 Å². The Hall–Kier alpha value is -1.71. The second kappa shape index (κ2) is 5.08. The molecule has 1 atom stereocenters. The molecular weight excluding hydrogens is 218 g/mol. The van der Waals surface area contributed by atoms with Gasteiger partial charge in [-0.2, -0.15) is 0 Å². The largest absolute Gasteiger partial charge is 0.485 e. The third-order valence-electron chi connectivity index (χ3n) is 2.49. The van der Waals surface area contributed by atoms with Crippen LogP contribution in [-0.4, -0.2) is 25.2 Å². The fourth-order valence-corrected chi connectivity index (χ4v) is 1.57. The van der Waals surface area contributed by atoms with Gasteiger partial charge in [0.1, 0.15) is 6.61 Å². The Morgan fingerprint density at radius 2 is 2.12 bits per heavy atom. The summed E-state index contributed by atoms with van der Waals surface area (Å²) >= 11 is 0. The van der Waals surface area contributed by atoms with Gasteiger partial charge in [-0.05, 0) is 18.1 Å². The minimum atomic E-state index is -0.552. The number of ether oxygens (including phenoxy) is 2. The highest BCUT2D eigenvalue weighted by atomic mass is 16.6. The molecule has 0 spiro atoms. The van der Waals surface area contributed by atoms with E-state index < -0.39 is 6.10 Å². The number of fused-ring (bicyclic) bond motifs is 1. The Bertz CT molecular complexity index is 403. The molecule has 4 nitrogen and oxygen atoms in total. The van der Waals surface area contributed by atoms with Crippen LogP contribution in [0, 0.1) is 5.92 Å². The van der Waals surface area contributed by atoms with Gasteiger partial charge in [0, 0.05) is 6.54 Å². The summed E-state index contributed by atoms with van der Waals surface area (Å²) in [6, 6.07) is 7.37. The van der Waals surface area contributed by atoms with E-state index in [0.717, 1.165) is 0 Å². The molecule has 1 heterocycles. The maximum atomic E-state index is 11.8. The van der Waals surface area contributed by atoms with Crippen LogP contribution in [0.3, 0.4) is 0 Å². The molecule has 4 heteroatoms. The molecule has 0 saturated carbocycles. The Kier molecular flexibility index (Phi) is 3.52. The highest BCUT2D eigenvalue weighted by Gasteiger charge is 2.26. The van der Waals surface area contributed by atoms with E-state index in [9.17, 15) is 4.79 Å². The van der Waals surface area contributed by atoms with Crippen molar-refractivity contribution >= 4 is 5.91 Å². The van der Waals surface area contributed by atoms with Crippen LogP contribution in [0.25, 0.3) is 0 Å². The quantitative estimate of drug-likeness (QED) is 0.865. The number of hydrogen-bond donors (Lipinski definition) is 1. The zero-order valence-corrected chi connectivity index (χ0v) is 10.1. The lowest BCUT2D eigenvalue weighted by Crippen LogP contribution is -2.44. The lowest BCUT2D eigenvalue weighted by Gasteiger charge is -2.25. The molecule has 0 aliphatic carbocycles. The van der Waals surface area contributed by atoms with Crippen molar-refractivity contribution in [3.63, 3.8) is 0 Å².